The zero-order valence-corrected chi connectivity index (χ0v) is 7.80. The molecule has 4 nitrogen and oxygen atoms in total. The number of aliphatic hydroxyl groups excluding tert-OH is 1. The number of hydrogen-bond acceptors (Lipinski definition) is 4. The fraction of sp³-hybridized carbons (Fsp3) is 0.500. The number of pyridine rings is 1. The van der Waals surface area contributed by atoms with E-state index < -0.39 is 6.10 Å². The first-order valence-corrected chi connectivity index (χ1v) is 4.67. The van der Waals surface area contributed by atoms with Crippen molar-refractivity contribution < 1.29 is 14.6 Å². The largest absolute Gasteiger partial charge is 0.388 e. The quantitative estimate of drug-likeness (QED) is 0.777. The van der Waals surface area contributed by atoms with Crippen LogP contribution in [0.3, 0.4) is 0 Å². The molecule has 1 aromatic rings. The molecule has 1 saturated heterocycles. The van der Waals surface area contributed by atoms with E-state index in [0.717, 1.165) is 5.56 Å². The van der Waals surface area contributed by atoms with E-state index in [2.05, 4.69) is 4.98 Å². The molecule has 1 N–H and O–H groups in total. The fourth-order valence-corrected chi connectivity index (χ4v) is 1.45. The van der Waals surface area contributed by atoms with Gasteiger partial charge in [-0.2, -0.15) is 0 Å². The predicted octanol–water partition coefficient (Wildman–Crippen LogP) is 0.878. The maximum absolute atomic E-state index is 9.79. The van der Waals surface area contributed by atoms with Gasteiger partial charge in [0.2, 0.25) is 0 Å². The monoisotopic (exact) mass is 195 g/mol. The summed E-state index contributed by atoms with van der Waals surface area (Å²) >= 11 is 0. The van der Waals surface area contributed by atoms with Crippen LogP contribution >= 0.6 is 0 Å². The van der Waals surface area contributed by atoms with Crippen LogP contribution < -0.4 is 0 Å². The molecular formula is C10H13NO3. The molecular weight excluding hydrogens is 182 g/mol. The molecule has 0 radical (unpaired) electrons. The third-order valence-corrected chi connectivity index (χ3v) is 2.20. The second-order valence-corrected chi connectivity index (χ2v) is 3.20. The van der Waals surface area contributed by atoms with Crippen molar-refractivity contribution in [2.75, 3.05) is 13.2 Å². The SMILES string of the molecule is OC(CC1OCCO1)c1ccncc1. The summed E-state index contributed by atoms with van der Waals surface area (Å²) in [6.07, 6.45) is 2.99. The summed E-state index contributed by atoms with van der Waals surface area (Å²) in [6.45, 7) is 1.24. The summed E-state index contributed by atoms with van der Waals surface area (Å²) in [6, 6.07) is 3.58. The Hall–Kier alpha value is -0.970. The Balaban J connectivity index is 1.92. The Morgan fingerprint density at radius 1 is 1.36 bits per heavy atom. The lowest BCUT2D eigenvalue weighted by atomic mass is 10.1. The highest BCUT2D eigenvalue weighted by Crippen LogP contribution is 2.21. The molecule has 1 fully saturated rings. The topological polar surface area (TPSA) is 51.6 Å². The number of nitrogens with zero attached hydrogens (tertiary/aromatic N) is 1. The number of aliphatic hydroxyl groups is 1. The molecule has 1 aliphatic rings. The first-order valence-electron chi connectivity index (χ1n) is 4.67. The third-order valence-electron chi connectivity index (χ3n) is 2.20. The van der Waals surface area contributed by atoms with Crippen molar-refractivity contribution in [1.82, 2.24) is 4.98 Å². The van der Waals surface area contributed by atoms with Crippen LogP contribution in [-0.2, 0) is 9.47 Å². The second kappa shape index (κ2) is 4.50. The van der Waals surface area contributed by atoms with E-state index in [9.17, 15) is 5.11 Å². The van der Waals surface area contributed by atoms with Gasteiger partial charge in [-0.05, 0) is 17.7 Å². The van der Waals surface area contributed by atoms with Gasteiger partial charge in [-0.15, -0.1) is 0 Å². The summed E-state index contributed by atoms with van der Waals surface area (Å²) in [5.41, 5.74) is 0.846. The van der Waals surface area contributed by atoms with Crippen LogP contribution in [0.4, 0.5) is 0 Å². The summed E-state index contributed by atoms with van der Waals surface area (Å²) in [5, 5.41) is 9.79. The van der Waals surface area contributed by atoms with Crippen LogP contribution in [0.5, 0.6) is 0 Å². The molecule has 1 aromatic heterocycles. The molecule has 1 atom stereocenters. The summed E-state index contributed by atoms with van der Waals surface area (Å²) in [5.74, 6) is 0. The highest BCUT2D eigenvalue weighted by Gasteiger charge is 2.20. The zero-order chi connectivity index (χ0) is 9.80. The summed E-state index contributed by atoms with van der Waals surface area (Å²) in [4.78, 5) is 3.89. The van der Waals surface area contributed by atoms with Crippen LogP contribution in [0, 0.1) is 0 Å². The molecule has 0 bridgehead atoms. The molecule has 1 unspecified atom stereocenters. The van der Waals surface area contributed by atoms with Crippen LogP contribution in [0.2, 0.25) is 0 Å². The van der Waals surface area contributed by atoms with E-state index in [1.807, 2.05) is 0 Å². The molecule has 0 saturated carbocycles. The first kappa shape index (κ1) is 9.58. The molecule has 0 amide bonds. The summed E-state index contributed by atoms with van der Waals surface area (Å²) < 4.78 is 10.5. The van der Waals surface area contributed by atoms with Crippen LogP contribution in [0.1, 0.15) is 18.1 Å². The van der Waals surface area contributed by atoms with Crippen molar-refractivity contribution >= 4 is 0 Å². The van der Waals surface area contributed by atoms with Crippen LogP contribution in [-0.4, -0.2) is 29.6 Å². The van der Waals surface area contributed by atoms with Gasteiger partial charge in [0, 0.05) is 18.8 Å². The smallest absolute Gasteiger partial charge is 0.160 e. The van der Waals surface area contributed by atoms with E-state index in [1.165, 1.54) is 0 Å². The normalized spacial score (nSPS) is 19.8. The molecule has 0 aromatic carbocycles. The van der Waals surface area contributed by atoms with E-state index >= 15 is 0 Å². The number of aromatic nitrogens is 1. The van der Waals surface area contributed by atoms with Crippen molar-refractivity contribution in [2.45, 2.75) is 18.8 Å². The van der Waals surface area contributed by atoms with Gasteiger partial charge in [0.1, 0.15) is 0 Å². The molecule has 0 spiro atoms. The average molecular weight is 195 g/mol. The Morgan fingerprint density at radius 3 is 2.64 bits per heavy atom. The lowest BCUT2D eigenvalue weighted by Gasteiger charge is -2.14. The van der Waals surface area contributed by atoms with Crippen molar-refractivity contribution in [1.29, 1.82) is 0 Å². The maximum atomic E-state index is 9.79. The predicted molar refractivity (Wildman–Crippen MR) is 49.5 cm³/mol. The highest BCUT2D eigenvalue weighted by atomic mass is 16.7. The van der Waals surface area contributed by atoms with E-state index in [4.69, 9.17) is 9.47 Å². The summed E-state index contributed by atoms with van der Waals surface area (Å²) in [7, 11) is 0. The molecule has 2 heterocycles. The van der Waals surface area contributed by atoms with Crippen molar-refractivity contribution in [2.24, 2.45) is 0 Å². The Labute approximate surface area is 82.5 Å². The standard InChI is InChI=1S/C10H13NO3/c12-9(7-10-13-5-6-14-10)8-1-3-11-4-2-8/h1-4,9-10,12H,5-7H2. The van der Waals surface area contributed by atoms with E-state index in [0.29, 0.717) is 19.6 Å². The maximum Gasteiger partial charge on any atom is 0.160 e. The average Bonchev–Trinajstić information content (AvgIpc) is 2.72. The van der Waals surface area contributed by atoms with Gasteiger partial charge in [-0.25, -0.2) is 0 Å². The molecule has 14 heavy (non-hydrogen) atoms. The van der Waals surface area contributed by atoms with E-state index in [-0.39, 0.29) is 6.29 Å². The molecule has 2 rings (SSSR count). The first-order chi connectivity index (χ1) is 6.86. The lowest BCUT2D eigenvalue weighted by molar-refractivity contribution is -0.0707. The minimum Gasteiger partial charge on any atom is -0.388 e. The van der Waals surface area contributed by atoms with Gasteiger partial charge in [-0.3, -0.25) is 4.98 Å². The Morgan fingerprint density at radius 2 is 2.00 bits per heavy atom. The molecule has 0 aliphatic carbocycles. The van der Waals surface area contributed by atoms with Crippen molar-refractivity contribution in [3.8, 4) is 0 Å². The molecule has 1 aliphatic heterocycles. The number of ether oxygens (including phenoxy) is 2. The van der Waals surface area contributed by atoms with Crippen LogP contribution in [0.15, 0.2) is 24.5 Å². The second-order valence-electron chi connectivity index (χ2n) is 3.20. The molecule has 4 heteroatoms. The van der Waals surface area contributed by atoms with Gasteiger partial charge < -0.3 is 14.6 Å². The number of rotatable bonds is 3. The van der Waals surface area contributed by atoms with Gasteiger partial charge in [0.15, 0.2) is 6.29 Å². The zero-order valence-electron chi connectivity index (χ0n) is 7.80. The Bertz CT molecular complexity index is 272. The minimum atomic E-state index is -0.541. The Kier molecular flexibility index (Phi) is 3.08. The minimum absolute atomic E-state index is 0.266. The molecule has 76 valence electrons. The number of hydrogen-bond donors (Lipinski definition) is 1. The van der Waals surface area contributed by atoms with Crippen molar-refractivity contribution in [3.63, 3.8) is 0 Å². The lowest BCUT2D eigenvalue weighted by Crippen LogP contribution is -2.13. The highest BCUT2D eigenvalue weighted by molar-refractivity contribution is 5.12. The van der Waals surface area contributed by atoms with Crippen molar-refractivity contribution in [3.05, 3.63) is 30.1 Å². The van der Waals surface area contributed by atoms with Gasteiger partial charge in [0.05, 0.1) is 19.3 Å². The van der Waals surface area contributed by atoms with Gasteiger partial charge in [0.25, 0.3) is 0 Å². The van der Waals surface area contributed by atoms with Gasteiger partial charge >= 0.3 is 0 Å². The fourth-order valence-electron chi connectivity index (χ4n) is 1.45. The van der Waals surface area contributed by atoms with Crippen LogP contribution in [0.25, 0.3) is 0 Å². The van der Waals surface area contributed by atoms with Gasteiger partial charge in [-0.1, -0.05) is 0 Å². The third kappa shape index (κ3) is 2.29. The van der Waals surface area contributed by atoms with E-state index in [1.54, 1.807) is 24.5 Å².